The Balaban J connectivity index is 1.58. The van der Waals surface area contributed by atoms with Gasteiger partial charge in [-0.1, -0.05) is 12.1 Å². The summed E-state index contributed by atoms with van der Waals surface area (Å²) in [5, 5.41) is 2.81. The van der Waals surface area contributed by atoms with E-state index in [4.69, 9.17) is 4.74 Å². The van der Waals surface area contributed by atoms with Crippen LogP contribution in [0.25, 0.3) is 6.08 Å². The Bertz CT molecular complexity index is 780. The minimum Gasteiger partial charge on any atom is -0.497 e. The number of hydrogen-bond donors (Lipinski definition) is 1. The van der Waals surface area contributed by atoms with Gasteiger partial charge in [0.05, 0.1) is 7.11 Å². The quantitative estimate of drug-likeness (QED) is 0.851. The first-order valence-electron chi connectivity index (χ1n) is 8.19. The van der Waals surface area contributed by atoms with Crippen LogP contribution in [0.15, 0.2) is 54.6 Å². The van der Waals surface area contributed by atoms with Gasteiger partial charge in [-0.15, -0.1) is 0 Å². The molecule has 128 valence electrons. The van der Waals surface area contributed by atoms with Crippen molar-refractivity contribution in [1.29, 1.82) is 0 Å². The van der Waals surface area contributed by atoms with E-state index in [-0.39, 0.29) is 11.8 Å². The van der Waals surface area contributed by atoms with E-state index in [1.807, 2.05) is 36.4 Å². The van der Waals surface area contributed by atoms with Crippen LogP contribution < -0.4 is 15.0 Å². The molecular weight excluding hydrogens is 316 g/mol. The number of methoxy groups -OCH3 is 1. The molecule has 2 amide bonds. The van der Waals surface area contributed by atoms with Crippen LogP contribution in [0.4, 0.5) is 11.4 Å². The number of hydrogen-bond acceptors (Lipinski definition) is 3. The minimum atomic E-state index is -0.208. The highest BCUT2D eigenvalue weighted by molar-refractivity contribution is 6.02. The summed E-state index contributed by atoms with van der Waals surface area (Å²) in [6, 6.07) is 14.8. The number of carbonyl (C=O) groups is 2. The zero-order valence-corrected chi connectivity index (χ0v) is 14.1. The van der Waals surface area contributed by atoms with E-state index < -0.39 is 0 Å². The molecule has 0 radical (unpaired) electrons. The normalized spacial score (nSPS) is 14.1. The SMILES string of the molecule is COc1ccc(/C=C/C(=O)Nc2ccc(N3CCCC3=O)cc2)cc1. The third-order valence-corrected chi connectivity index (χ3v) is 4.06. The summed E-state index contributed by atoms with van der Waals surface area (Å²) in [6.07, 6.45) is 4.73. The molecule has 0 spiro atoms. The summed E-state index contributed by atoms with van der Waals surface area (Å²) >= 11 is 0. The van der Waals surface area contributed by atoms with Crippen molar-refractivity contribution in [3.63, 3.8) is 0 Å². The van der Waals surface area contributed by atoms with Crippen molar-refractivity contribution in [3.05, 3.63) is 60.2 Å². The van der Waals surface area contributed by atoms with Crippen LogP contribution in [-0.2, 0) is 9.59 Å². The number of amides is 2. The lowest BCUT2D eigenvalue weighted by atomic mass is 10.2. The molecule has 5 heteroatoms. The second-order valence-corrected chi connectivity index (χ2v) is 5.79. The van der Waals surface area contributed by atoms with Crippen molar-refractivity contribution in [2.45, 2.75) is 12.8 Å². The van der Waals surface area contributed by atoms with E-state index in [0.717, 1.165) is 30.0 Å². The zero-order chi connectivity index (χ0) is 17.6. The average molecular weight is 336 g/mol. The van der Waals surface area contributed by atoms with E-state index in [9.17, 15) is 9.59 Å². The average Bonchev–Trinajstić information content (AvgIpc) is 3.07. The van der Waals surface area contributed by atoms with Crippen LogP contribution in [0.1, 0.15) is 18.4 Å². The lowest BCUT2D eigenvalue weighted by Crippen LogP contribution is -2.23. The van der Waals surface area contributed by atoms with E-state index in [1.165, 1.54) is 6.08 Å². The highest BCUT2D eigenvalue weighted by Crippen LogP contribution is 2.23. The molecule has 2 aromatic carbocycles. The van der Waals surface area contributed by atoms with Crippen LogP contribution in [0.2, 0.25) is 0 Å². The van der Waals surface area contributed by atoms with Gasteiger partial charge >= 0.3 is 0 Å². The predicted octanol–water partition coefficient (Wildman–Crippen LogP) is 3.47. The van der Waals surface area contributed by atoms with Crippen LogP contribution in [-0.4, -0.2) is 25.5 Å². The smallest absolute Gasteiger partial charge is 0.248 e. The molecule has 1 fully saturated rings. The van der Waals surface area contributed by atoms with Gasteiger partial charge in [0, 0.05) is 30.4 Å². The van der Waals surface area contributed by atoms with Gasteiger partial charge in [-0.05, 0) is 54.5 Å². The Hall–Kier alpha value is -3.08. The van der Waals surface area contributed by atoms with Crippen molar-refractivity contribution < 1.29 is 14.3 Å². The first-order valence-corrected chi connectivity index (χ1v) is 8.19. The maximum atomic E-state index is 12.0. The fourth-order valence-electron chi connectivity index (χ4n) is 2.72. The van der Waals surface area contributed by atoms with Gasteiger partial charge in [0.1, 0.15) is 5.75 Å². The summed E-state index contributed by atoms with van der Waals surface area (Å²) in [6.45, 7) is 0.759. The predicted molar refractivity (Wildman–Crippen MR) is 98.7 cm³/mol. The Labute approximate surface area is 146 Å². The zero-order valence-electron chi connectivity index (χ0n) is 14.1. The van der Waals surface area contributed by atoms with Crippen LogP contribution >= 0.6 is 0 Å². The third-order valence-electron chi connectivity index (χ3n) is 4.06. The lowest BCUT2D eigenvalue weighted by molar-refractivity contribution is -0.117. The second-order valence-electron chi connectivity index (χ2n) is 5.79. The molecule has 1 aliphatic rings. The molecule has 5 nitrogen and oxygen atoms in total. The van der Waals surface area contributed by atoms with Gasteiger partial charge in [0.15, 0.2) is 0 Å². The molecule has 0 atom stereocenters. The number of carbonyl (C=O) groups excluding carboxylic acids is 2. The molecule has 25 heavy (non-hydrogen) atoms. The summed E-state index contributed by atoms with van der Waals surface area (Å²) in [5.74, 6) is 0.721. The molecule has 1 saturated heterocycles. The van der Waals surface area contributed by atoms with Gasteiger partial charge in [-0.25, -0.2) is 0 Å². The van der Waals surface area contributed by atoms with Crippen LogP contribution in [0.3, 0.4) is 0 Å². The van der Waals surface area contributed by atoms with Crippen molar-refractivity contribution in [2.24, 2.45) is 0 Å². The molecule has 1 N–H and O–H groups in total. The number of ether oxygens (including phenoxy) is 1. The summed E-state index contributed by atoms with van der Waals surface area (Å²) in [7, 11) is 1.61. The highest BCUT2D eigenvalue weighted by Gasteiger charge is 2.21. The number of nitrogens with zero attached hydrogens (tertiary/aromatic N) is 1. The number of benzene rings is 2. The summed E-state index contributed by atoms with van der Waals surface area (Å²) in [5.41, 5.74) is 2.48. The van der Waals surface area contributed by atoms with E-state index in [1.54, 1.807) is 30.2 Å². The fraction of sp³-hybridized carbons (Fsp3) is 0.200. The van der Waals surface area contributed by atoms with Crippen molar-refractivity contribution >= 4 is 29.3 Å². The van der Waals surface area contributed by atoms with Gasteiger partial charge in [-0.2, -0.15) is 0 Å². The minimum absolute atomic E-state index is 0.152. The van der Waals surface area contributed by atoms with E-state index in [2.05, 4.69) is 5.32 Å². The molecule has 0 aliphatic carbocycles. The maximum absolute atomic E-state index is 12.0. The summed E-state index contributed by atoms with van der Waals surface area (Å²) < 4.78 is 5.10. The Morgan fingerprint density at radius 3 is 2.44 bits per heavy atom. The molecule has 0 aromatic heterocycles. The van der Waals surface area contributed by atoms with Crippen LogP contribution in [0, 0.1) is 0 Å². The molecule has 1 heterocycles. The van der Waals surface area contributed by atoms with Gasteiger partial charge in [0.25, 0.3) is 0 Å². The molecule has 2 aromatic rings. The Kier molecular flexibility index (Phi) is 5.14. The number of rotatable bonds is 5. The first-order chi connectivity index (χ1) is 12.2. The van der Waals surface area contributed by atoms with Crippen molar-refractivity contribution in [3.8, 4) is 5.75 Å². The molecule has 0 saturated carbocycles. The standard InChI is InChI=1S/C20H20N2O3/c1-25-18-11-4-15(5-12-18)6-13-19(23)21-16-7-9-17(10-8-16)22-14-2-3-20(22)24/h4-13H,2-3,14H2,1H3,(H,21,23)/b13-6+. The summed E-state index contributed by atoms with van der Waals surface area (Å²) in [4.78, 5) is 25.5. The highest BCUT2D eigenvalue weighted by atomic mass is 16.5. The Morgan fingerprint density at radius 1 is 1.12 bits per heavy atom. The van der Waals surface area contributed by atoms with Crippen LogP contribution in [0.5, 0.6) is 5.75 Å². The molecule has 0 unspecified atom stereocenters. The van der Waals surface area contributed by atoms with Gasteiger partial charge in [0.2, 0.25) is 11.8 Å². The second kappa shape index (κ2) is 7.66. The molecule has 3 rings (SSSR count). The largest absolute Gasteiger partial charge is 0.497 e. The maximum Gasteiger partial charge on any atom is 0.248 e. The van der Waals surface area contributed by atoms with Crippen molar-refractivity contribution in [1.82, 2.24) is 0 Å². The number of nitrogens with one attached hydrogen (secondary N) is 1. The van der Waals surface area contributed by atoms with E-state index in [0.29, 0.717) is 12.1 Å². The Morgan fingerprint density at radius 2 is 1.84 bits per heavy atom. The monoisotopic (exact) mass is 336 g/mol. The van der Waals surface area contributed by atoms with Gasteiger partial charge < -0.3 is 15.0 Å². The molecule has 1 aliphatic heterocycles. The third kappa shape index (κ3) is 4.26. The molecule has 0 bridgehead atoms. The molecular formula is C20H20N2O3. The van der Waals surface area contributed by atoms with Crippen molar-refractivity contribution in [2.75, 3.05) is 23.9 Å². The van der Waals surface area contributed by atoms with E-state index >= 15 is 0 Å². The lowest BCUT2D eigenvalue weighted by Gasteiger charge is -2.15. The first kappa shape index (κ1) is 16.8. The number of anilines is 2. The topological polar surface area (TPSA) is 58.6 Å². The fourth-order valence-corrected chi connectivity index (χ4v) is 2.72. The van der Waals surface area contributed by atoms with Gasteiger partial charge in [-0.3, -0.25) is 9.59 Å².